The second-order valence-corrected chi connectivity index (χ2v) is 8.26. The molecule has 3 fully saturated rings. The lowest BCUT2D eigenvalue weighted by molar-refractivity contribution is -0.122. The van der Waals surface area contributed by atoms with Crippen LogP contribution in [-0.4, -0.2) is 48.4 Å². The van der Waals surface area contributed by atoms with Gasteiger partial charge in [-0.1, -0.05) is 0 Å². The maximum Gasteiger partial charge on any atom is 0.246 e. The van der Waals surface area contributed by atoms with Crippen molar-refractivity contribution < 1.29 is 14.0 Å². The molecule has 0 aromatic rings. The molecular formula is C18H33FN6O2. The number of hydroxylamine groups is 1. The molecule has 1 saturated carbocycles. The van der Waals surface area contributed by atoms with Gasteiger partial charge in [0.1, 0.15) is 18.4 Å². The van der Waals surface area contributed by atoms with Crippen molar-refractivity contribution in [3.8, 4) is 0 Å². The lowest BCUT2D eigenvalue weighted by atomic mass is 9.82. The minimum Gasteiger partial charge on any atom is -0.354 e. The highest BCUT2D eigenvalue weighted by molar-refractivity contribution is 5.99. The molecule has 3 rings (SSSR count). The van der Waals surface area contributed by atoms with Gasteiger partial charge in [0.2, 0.25) is 5.91 Å². The van der Waals surface area contributed by atoms with Gasteiger partial charge in [0.05, 0.1) is 6.10 Å². The summed E-state index contributed by atoms with van der Waals surface area (Å²) < 4.78 is 13.4. The molecule has 5 N–H and O–H groups in total. The number of guanidine groups is 1. The van der Waals surface area contributed by atoms with Gasteiger partial charge < -0.3 is 5.32 Å². The molecule has 2 aliphatic heterocycles. The van der Waals surface area contributed by atoms with Crippen LogP contribution in [0.2, 0.25) is 0 Å². The minimum absolute atomic E-state index is 0.0139. The largest absolute Gasteiger partial charge is 0.354 e. The molecule has 1 aliphatic carbocycles. The van der Waals surface area contributed by atoms with E-state index in [1.54, 1.807) is 0 Å². The maximum atomic E-state index is 13.4. The second-order valence-electron chi connectivity index (χ2n) is 8.26. The molecule has 0 spiro atoms. The summed E-state index contributed by atoms with van der Waals surface area (Å²) in [6.07, 6.45) is 3.83. The predicted octanol–water partition coefficient (Wildman–Crippen LogP) is 0.860. The highest BCUT2D eigenvalue weighted by Crippen LogP contribution is 2.31. The fourth-order valence-electron chi connectivity index (χ4n) is 3.96. The van der Waals surface area contributed by atoms with Crippen LogP contribution in [0.1, 0.15) is 59.3 Å². The molecule has 0 aromatic carbocycles. The van der Waals surface area contributed by atoms with Gasteiger partial charge in [-0.2, -0.15) is 5.48 Å². The standard InChI is InChI=1S/C18H33FN6O2/c1-10(2)20-18(22-17(26)15-8-11(3)27-25-15)21-16-9-14(23-24-16)12-4-6-13(19)7-5-12/h10-16,23-25H,4-9H2,1-3H3,(H2,20,21,22,26). The van der Waals surface area contributed by atoms with Crippen molar-refractivity contribution >= 4 is 11.9 Å². The quantitative estimate of drug-likeness (QED) is 0.364. The summed E-state index contributed by atoms with van der Waals surface area (Å²) in [5, 5.41) is 6.08. The van der Waals surface area contributed by atoms with Crippen molar-refractivity contribution in [2.45, 2.75) is 95.9 Å². The van der Waals surface area contributed by atoms with Crippen LogP contribution < -0.4 is 27.0 Å². The third-order valence-corrected chi connectivity index (χ3v) is 5.43. The number of halogens is 1. The monoisotopic (exact) mass is 384 g/mol. The van der Waals surface area contributed by atoms with Crippen molar-refractivity contribution in [1.82, 2.24) is 27.0 Å². The molecule has 0 radical (unpaired) electrons. The summed E-state index contributed by atoms with van der Waals surface area (Å²) in [6.45, 7) is 5.92. The van der Waals surface area contributed by atoms with E-state index in [9.17, 15) is 9.18 Å². The number of hydrazine groups is 1. The lowest BCUT2D eigenvalue weighted by Crippen LogP contribution is -2.50. The van der Waals surface area contributed by atoms with Gasteiger partial charge in [-0.15, -0.1) is 0 Å². The van der Waals surface area contributed by atoms with E-state index in [1.807, 2.05) is 20.8 Å². The first kappa shape index (κ1) is 20.4. The fraction of sp³-hybridized carbons (Fsp3) is 0.889. The zero-order valence-electron chi connectivity index (χ0n) is 16.4. The first-order valence-corrected chi connectivity index (χ1v) is 10.1. The number of carbonyl (C=O) groups excluding carboxylic acids is 1. The van der Waals surface area contributed by atoms with Gasteiger partial charge in [-0.3, -0.25) is 20.4 Å². The molecule has 4 atom stereocenters. The fourth-order valence-corrected chi connectivity index (χ4v) is 3.96. The summed E-state index contributed by atoms with van der Waals surface area (Å²) in [5.41, 5.74) is 9.28. The van der Waals surface area contributed by atoms with Crippen molar-refractivity contribution in [1.29, 1.82) is 0 Å². The van der Waals surface area contributed by atoms with Gasteiger partial charge in [0, 0.05) is 24.9 Å². The van der Waals surface area contributed by atoms with E-state index in [0.29, 0.717) is 31.1 Å². The van der Waals surface area contributed by atoms with Gasteiger partial charge in [-0.05, 0) is 52.4 Å². The molecule has 4 unspecified atom stereocenters. The smallest absolute Gasteiger partial charge is 0.246 e. The Kier molecular flexibility index (Phi) is 7.02. The zero-order chi connectivity index (χ0) is 19.4. The Labute approximate surface area is 160 Å². The zero-order valence-corrected chi connectivity index (χ0v) is 16.4. The molecule has 27 heavy (non-hydrogen) atoms. The number of nitrogens with one attached hydrogen (secondary N) is 5. The summed E-state index contributed by atoms with van der Waals surface area (Å²) in [4.78, 5) is 22.4. The van der Waals surface area contributed by atoms with Crippen molar-refractivity contribution in [2.75, 3.05) is 0 Å². The van der Waals surface area contributed by atoms with Crippen LogP contribution in [-0.2, 0) is 9.63 Å². The molecule has 8 nitrogen and oxygen atoms in total. The van der Waals surface area contributed by atoms with Crippen LogP contribution >= 0.6 is 0 Å². The van der Waals surface area contributed by atoms with Gasteiger partial charge in [0.15, 0.2) is 5.96 Å². The normalized spacial score (nSPS) is 37.6. The highest BCUT2D eigenvalue weighted by Gasteiger charge is 2.34. The SMILES string of the molecule is CC(C)N/C(=N\C1CC(C2CCC(F)CC2)NN1)NC(=O)C1CC(C)ON1. The van der Waals surface area contributed by atoms with Crippen LogP contribution in [0.3, 0.4) is 0 Å². The number of rotatable bonds is 4. The Morgan fingerprint density at radius 1 is 1.19 bits per heavy atom. The van der Waals surface area contributed by atoms with Gasteiger partial charge in [0.25, 0.3) is 0 Å². The Bertz CT molecular complexity index is 538. The second kappa shape index (κ2) is 9.27. The van der Waals surface area contributed by atoms with E-state index < -0.39 is 6.17 Å². The van der Waals surface area contributed by atoms with E-state index >= 15 is 0 Å². The van der Waals surface area contributed by atoms with Crippen molar-refractivity contribution in [3.63, 3.8) is 0 Å². The van der Waals surface area contributed by atoms with Gasteiger partial charge >= 0.3 is 0 Å². The number of alkyl halides is 1. The van der Waals surface area contributed by atoms with Crippen LogP contribution in [0.15, 0.2) is 4.99 Å². The highest BCUT2D eigenvalue weighted by atomic mass is 19.1. The third-order valence-electron chi connectivity index (χ3n) is 5.43. The van der Waals surface area contributed by atoms with Crippen molar-refractivity contribution in [3.05, 3.63) is 0 Å². The van der Waals surface area contributed by atoms with E-state index in [0.717, 1.165) is 19.3 Å². The van der Waals surface area contributed by atoms with E-state index in [2.05, 4.69) is 32.0 Å². The molecule has 9 heteroatoms. The molecule has 2 heterocycles. The third kappa shape index (κ3) is 5.84. The predicted molar refractivity (Wildman–Crippen MR) is 101 cm³/mol. The lowest BCUT2D eigenvalue weighted by Gasteiger charge is -2.28. The number of amides is 1. The first-order valence-electron chi connectivity index (χ1n) is 10.1. The first-order chi connectivity index (χ1) is 12.9. The Balaban J connectivity index is 1.56. The number of nitrogens with zero attached hydrogens (tertiary/aromatic N) is 1. The van der Waals surface area contributed by atoms with Crippen LogP contribution in [0.25, 0.3) is 0 Å². The number of carbonyl (C=O) groups is 1. The Morgan fingerprint density at radius 2 is 1.93 bits per heavy atom. The van der Waals surface area contributed by atoms with Crippen molar-refractivity contribution in [2.24, 2.45) is 10.9 Å². The average molecular weight is 385 g/mol. The minimum atomic E-state index is -0.641. The summed E-state index contributed by atoms with van der Waals surface area (Å²) in [6, 6.07) is 0.0474. The molecular weight excluding hydrogens is 351 g/mol. The summed E-state index contributed by atoms with van der Waals surface area (Å²) >= 11 is 0. The van der Waals surface area contributed by atoms with Crippen LogP contribution in [0.4, 0.5) is 4.39 Å². The number of hydrogen-bond acceptors (Lipinski definition) is 6. The van der Waals surface area contributed by atoms with E-state index in [-0.39, 0.29) is 36.3 Å². The van der Waals surface area contributed by atoms with Crippen LogP contribution in [0, 0.1) is 5.92 Å². The molecule has 0 aromatic heterocycles. The number of hydrogen-bond donors (Lipinski definition) is 5. The molecule has 2 saturated heterocycles. The number of aliphatic imine (C=N–C) groups is 1. The Morgan fingerprint density at radius 3 is 2.56 bits per heavy atom. The molecule has 3 aliphatic rings. The van der Waals surface area contributed by atoms with Gasteiger partial charge in [-0.25, -0.2) is 14.8 Å². The summed E-state index contributed by atoms with van der Waals surface area (Å²) in [7, 11) is 0. The van der Waals surface area contributed by atoms with Crippen LogP contribution in [0.5, 0.6) is 0 Å². The molecule has 1 amide bonds. The maximum absolute atomic E-state index is 13.4. The molecule has 154 valence electrons. The topological polar surface area (TPSA) is 98.8 Å². The van der Waals surface area contributed by atoms with E-state index in [4.69, 9.17) is 4.84 Å². The Hall–Kier alpha value is -1.29. The van der Waals surface area contributed by atoms with E-state index in [1.165, 1.54) is 0 Å². The summed E-state index contributed by atoms with van der Waals surface area (Å²) in [5.74, 6) is 0.779. The molecule has 0 bridgehead atoms. The average Bonchev–Trinajstić information content (AvgIpc) is 3.24.